The van der Waals surface area contributed by atoms with Crippen LogP contribution in [0.1, 0.15) is 40.0 Å². The van der Waals surface area contributed by atoms with Crippen LogP contribution in [0.3, 0.4) is 0 Å². The Morgan fingerprint density at radius 3 is 2.18 bits per heavy atom. The predicted molar refractivity (Wildman–Crippen MR) is 122 cm³/mol. The summed E-state index contributed by atoms with van der Waals surface area (Å²) < 4.78 is 33.1. The highest BCUT2D eigenvalue weighted by Crippen LogP contribution is 2.24. The van der Waals surface area contributed by atoms with Crippen molar-refractivity contribution in [3.05, 3.63) is 71.3 Å². The molecule has 3 amide bonds. The Bertz CT molecular complexity index is 1010. The number of amides is 3. The first kappa shape index (κ1) is 25.3. The lowest BCUT2D eigenvalue weighted by Gasteiger charge is -2.36. The summed E-state index contributed by atoms with van der Waals surface area (Å²) in [7, 11) is 1.57. The van der Waals surface area contributed by atoms with E-state index in [1.807, 2.05) is 0 Å². The van der Waals surface area contributed by atoms with Crippen molar-refractivity contribution in [2.45, 2.75) is 25.3 Å². The fraction of sp³-hybridized carbons (Fsp3) is 0.400. The summed E-state index contributed by atoms with van der Waals surface area (Å²) in [4.78, 5) is 39.9. The van der Waals surface area contributed by atoms with E-state index in [-0.39, 0.29) is 23.0 Å². The van der Waals surface area contributed by atoms with E-state index in [9.17, 15) is 23.2 Å². The average molecular weight is 474 g/mol. The lowest BCUT2D eigenvalue weighted by molar-refractivity contribution is -0.124. The number of rotatable bonds is 9. The van der Waals surface area contributed by atoms with E-state index in [1.54, 1.807) is 24.1 Å². The van der Waals surface area contributed by atoms with Crippen molar-refractivity contribution in [2.75, 3.05) is 33.4 Å². The van der Waals surface area contributed by atoms with Gasteiger partial charge in [-0.25, -0.2) is 8.78 Å². The standard InChI is InChI=1S/C25H29F2N3O4/c1-34-16-6-13-28-24(32)22(29-23(31)18-7-2-4-9-20(18)26)17-11-14-30(15-12-17)25(33)19-8-3-5-10-21(19)27/h2-5,7-10,17,22H,6,11-16H2,1H3,(H,28,32)(H,29,31)/t22-/m1/s1. The second-order valence-electron chi connectivity index (χ2n) is 8.18. The largest absolute Gasteiger partial charge is 0.385 e. The molecule has 0 aliphatic carbocycles. The Morgan fingerprint density at radius 1 is 1.00 bits per heavy atom. The molecule has 1 heterocycles. The highest BCUT2D eigenvalue weighted by atomic mass is 19.1. The molecule has 0 aromatic heterocycles. The van der Waals surface area contributed by atoms with Crippen LogP contribution in [0.4, 0.5) is 8.78 Å². The van der Waals surface area contributed by atoms with Gasteiger partial charge in [-0.3, -0.25) is 14.4 Å². The minimum absolute atomic E-state index is 0.00115. The molecule has 1 fully saturated rings. The van der Waals surface area contributed by atoms with Crippen molar-refractivity contribution < 1.29 is 27.9 Å². The fourth-order valence-corrected chi connectivity index (χ4v) is 4.04. The summed E-state index contributed by atoms with van der Waals surface area (Å²) in [6.07, 6.45) is 1.45. The zero-order valence-corrected chi connectivity index (χ0v) is 19.1. The Hall–Kier alpha value is -3.33. The van der Waals surface area contributed by atoms with Crippen LogP contribution >= 0.6 is 0 Å². The van der Waals surface area contributed by atoms with Crippen LogP contribution in [-0.4, -0.2) is 62.0 Å². The van der Waals surface area contributed by atoms with Gasteiger partial charge >= 0.3 is 0 Å². The molecule has 1 aliphatic rings. The molecular weight excluding hydrogens is 444 g/mol. The molecule has 2 N–H and O–H groups in total. The van der Waals surface area contributed by atoms with Gasteiger partial charge in [-0.2, -0.15) is 0 Å². The summed E-state index contributed by atoms with van der Waals surface area (Å²) in [6, 6.07) is 10.5. The summed E-state index contributed by atoms with van der Waals surface area (Å²) in [5, 5.41) is 5.48. The second kappa shape index (κ2) is 12.2. The predicted octanol–water partition coefficient (Wildman–Crippen LogP) is 2.77. The summed E-state index contributed by atoms with van der Waals surface area (Å²) in [5.41, 5.74) is -0.145. The van der Waals surface area contributed by atoms with Crippen molar-refractivity contribution in [1.82, 2.24) is 15.5 Å². The number of methoxy groups -OCH3 is 1. The van der Waals surface area contributed by atoms with E-state index < -0.39 is 29.5 Å². The van der Waals surface area contributed by atoms with Crippen molar-refractivity contribution in [3.63, 3.8) is 0 Å². The number of benzene rings is 2. The summed E-state index contributed by atoms with van der Waals surface area (Å²) in [6.45, 7) is 1.45. The molecule has 3 rings (SSSR count). The van der Waals surface area contributed by atoms with E-state index in [0.29, 0.717) is 45.5 Å². The second-order valence-corrected chi connectivity index (χ2v) is 8.18. The normalized spacial score (nSPS) is 15.0. The van der Waals surface area contributed by atoms with Gasteiger partial charge in [-0.1, -0.05) is 24.3 Å². The maximum atomic E-state index is 14.1. The average Bonchev–Trinajstić information content (AvgIpc) is 2.85. The number of ether oxygens (including phenoxy) is 1. The van der Waals surface area contributed by atoms with Crippen molar-refractivity contribution in [2.24, 2.45) is 5.92 Å². The molecule has 1 atom stereocenters. The molecule has 9 heteroatoms. The van der Waals surface area contributed by atoms with Crippen LogP contribution in [-0.2, 0) is 9.53 Å². The first-order valence-corrected chi connectivity index (χ1v) is 11.3. The third-order valence-corrected chi connectivity index (χ3v) is 5.91. The van der Waals surface area contributed by atoms with Crippen molar-refractivity contribution in [3.8, 4) is 0 Å². The lowest BCUT2D eigenvalue weighted by Crippen LogP contribution is -2.54. The van der Waals surface area contributed by atoms with Crippen molar-refractivity contribution >= 4 is 17.7 Å². The monoisotopic (exact) mass is 473 g/mol. The summed E-state index contributed by atoms with van der Waals surface area (Å²) >= 11 is 0. The van der Waals surface area contributed by atoms with E-state index >= 15 is 0 Å². The zero-order valence-electron chi connectivity index (χ0n) is 19.1. The highest BCUT2D eigenvalue weighted by molar-refractivity contribution is 5.98. The van der Waals surface area contributed by atoms with Crippen LogP contribution in [0.25, 0.3) is 0 Å². The molecule has 2 aromatic rings. The highest BCUT2D eigenvalue weighted by Gasteiger charge is 2.34. The molecule has 34 heavy (non-hydrogen) atoms. The molecule has 0 saturated carbocycles. The van der Waals surface area contributed by atoms with Crippen LogP contribution in [0, 0.1) is 17.6 Å². The maximum absolute atomic E-state index is 14.1. The number of carbonyl (C=O) groups excluding carboxylic acids is 3. The van der Waals surface area contributed by atoms with Crippen LogP contribution in [0.5, 0.6) is 0 Å². The van der Waals surface area contributed by atoms with E-state index in [0.717, 1.165) is 0 Å². The third kappa shape index (κ3) is 6.38. The van der Waals surface area contributed by atoms with Gasteiger partial charge in [0.15, 0.2) is 0 Å². The third-order valence-electron chi connectivity index (χ3n) is 5.91. The fourth-order valence-electron chi connectivity index (χ4n) is 4.04. The van der Waals surface area contributed by atoms with Gasteiger partial charge in [0.25, 0.3) is 11.8 Å². The topological polar surface area (TPSA) is 87.7 Å². The number of piperidine rings is 1. The van der Waals surface area contributed by atoms with Gasteiger partial charge in [0.05, 0.1) is 11.1 Å². The van der Waals surface area contributed by atoms with Gasteiger partial charge in [-0.15, -0.1) is 0 Å². The van der Waals surface area contributed by atoms with Crippen LogP contribution in [0.2, 0.25) is 0 Å². The SMILES string of the molecule is COCCCNC(=O)[C@H](NC(=O)c1ccccc1F)C1CCN(C(=O)c2ccccc2F)CC1. The Kier molecular flexibility index (Phi) is 9.09. The molecular formula is C25H29F2N3O4. The Morgan fingerprint density at radius 2 is 1.59 bits per heavy atom. The van der Waals surface area contributed by atoms with Crippen molar-refractivity contribution in [1.29, 1.82) is 0 Å². The zero-order chi connectivity index (χ0) is 24.5. The molecule has 7 nitrogen and oxygen atoms in total. The first-order valence-electron chi connectivity index (χ1n) is 11.3. The number of nitrogens with zero attached hydrogens (tertiary/aromatic N) is 1. The Balaban J connectivity index is 1.68. The number of nitrogens with one attached hydrogen (secondary N) is 2. The number of hydrogen-bond donors (Lipinski definition) is 2. The number of carbonyl (C=O) groups is 3. The smallest absolute Gasteiger partial charge is 0.256 e. The number of halogens is 2. The van der Waals surface area contributed by atoms with E-state index in [1.165, 1.54) is 36.4 Å². The molecule has 2 aromatic carbocycles. The minimum Gasteiger partial charge on any atom is -0.385 e. The molecule has 0 bridgehead atoms. The van der Waals surface area contributed by atoms with Gasteiger partial charge in [0.2, 0.25) is 5.91 Å². The van der Waals surface area contributed by atoms with Gasteiger partial charge in [0.1, 0.15) is 17.7 Å². The number of likely N-dealkylation sites (tertiary alicyclic amines) is 1. The van der Waals surface area contributed by atoms with Crippen LogP contribution < -0.4 is 10.6 Å². The molecule has 0 spiro atoms. The first-order chi connectivity index (χ1) is 16.4. The van der Waals surface area contributed by atoms with Gasteiger partial charge < -0.3 is 20.3 Å². The Labute approximate surface area is 197 Å². The summed E-state index contributed by atoms with van der Waals surface area (Å²) in [5.74, 6) is -3.00. The van der Waals surface area contributed by atoms with Gasteiger partial charge in [0, 0.05) is 33.4 Å². The molecule has 1 saturated heterocycles. The lowest BCUT2D eigenvalue weighted by atomic mass is 9.88. The quantitative estimate of drug-likeness (QED) is 0.549. The van der Waals surface area contributed by atoms with E-state index in [2.05, 4.69) is 10.6 Å². The van der Waals surface area contributed by atoms with Crippen LogP contribution in [0.15, 0.2) is 48.5 Å². The van der Waals surface area contributed by atoms with Gasteiger partial charge in [-0.05, 0) is 49.4 Å². The molecule has 0 radical (unpaired) electrons. The maximum Gasteiger partial charge on any atom is 0.256 e. The molecule has 1 aliphatic heterocycles. The number of hydrogen-bond acceptors (Lipinski definition) is 4. The van der Waals surface area contributed by atoms with E-state index in [4.69, 9.17) is 4.74 Å². The molecule has 0 unspecified atom stereocenters. The minimum atomic E-state index is -0.902. The molecule has 182 valence electrons.